The van der Waals surface area contributed by atoms with Crippen LogP contribution in [0.2, 0.25) is 0 Å². The first-order valence-corrected chi connectivity index (χ1v) is 11.8. The van der Waals surface area contributed by atoms with Crippen molar-refractivity contribution in [2.45, 2.75) is 24.8 Å². The minimum atomic E-state index is 0.111. The summed E-state index contributed by atoms with van der Waals surface area (Å²) in [4.78, 5) is 8.77. The van der Waals surface area contributed by atoms with Gasteiger partial charge in [-0.25, -0.2) is 0 Å². The van der Waals surface area contributed by atoms with Crippen LogP contribution in [0.3, 0.4) is 0 Å². The highest BCUT2D eigenvalue weighted by atomic mass is 16.3. The summed E-state index contributed by atoms with van der Waals surface area (Å²) in [5.74, 6) is 0.234. The normalized spacial score (nSPS) is 18.4. The van der Waals surface area contributed by atoms with Crippen LogP contribution in [0.15, 0.2) is 101 Å². The van der Waals surface area contributed by atoms with Gasteiger partial charge in [0.15, 0.2) is 5.58 Å². The third kappa shape index (κ3) is 2.65. The van der Waals surface area contributed by atoms with E-state index >= 15 is 0 Å². The Hall–Kier alpha value is -4.18. The molecule has 6 aromatic rings. The van der Waals surface area contributed by atoms with Crippen LogP contribution >= 0.6 is 0 Å². The Morgan fingerprint density at radius 2 is 1.74 bits per heavy atom. The Kier molecular flexibility index (Phi) is 4.21. The molecule has 4 nitrogen and oxygen atoms in total. The van der Waals surface area contributed by atoms with E-state index in [1.54, 1.807) is 6.20 Å². The lowest BCUT2D eigenvalue weighted by Crippen LogP contribution is -2.19. The topological polar surface area (TPSA) is 43.3 Å². The Balaban J connectivity index is 1.60. The number of hydrogen-bond acceptors (Lipinski definition) is 3. The summed E-state index contributed by atoms with van der Waals surface area (Å²) in [6.45, 7) is 3.82. The van der Waals surface area contributed by atoms with Gasteiger partial charge in [0.05, 0.1) is 17.2 Å². The van der Waals surface area contributed by atoms with Crippen LogP contribution in [-0.2, 0) is 0 Å². The van der Waals surface area contributed by atoms with Gasteiger partial charge in [0.25, 0.3) is 0 Å². The van der Waals surface area contributed by atoms with E-state index in [9.17, 15) is 0 Å². The second kappa shape index (κ2) is 7.42. The molecule has 0 bridgehead atoms. The molecule has 0 amide bonds. The summed E-state index contributed by atoms with van der Waals surface area (Å²) in [7, 11) is 0. The van der Waals surface area contributed by atoms with Crippen molar-refractivity contribution in [1.82, 2.24) is 9.55 Å². The van der Waals surface area contributed by atoms with Crippen LogP contribution in [0.5, 0.6) is 0 Å². The second-order valence-corrected chi connectivity index (χ2v) is 9.02. The Morgan fingerprint density at radius 1 is 0.912 bits per heavy atom. The number of furan rings is 1. The third-order valence-corrected chi connectivity index (χ3v) is 7.30. The van der Waals surface area contributed by atoms with Crippen LogP contribution in [0, 0.1) is 0 Å². The van der Waals surface area contributed by atoms with Gasteiger partial charge < -0.3 is 8.98 Å². The maximum absolute atomic E-state index is 6.53. The first kappa shape index (κ1) is 19.3. The molecule has 1 aliphatic rings. The maximum atomic E-state index is 6.53. The van der Waals surface area contributed by atoms with E-state index in [2.05, 4.69) is 88.0 Å². The number of pyridine rings is 1. The molecular weight excluding hydrogens is 418 g/mol. The molecule has 3 heterocycles. The second-order valence-electron chi connectivity index (χ2n) is 9.02. The van der Waals surface area contributed by atoms with E-state index in [-0.39, 0.29) is 12.0 Å². The first-order chi connectivity index (χ1) is 16.8. The molecule has 1 aliphatic carbocycles. The molecule has 0 fully saturated rings. The van der Waals surface area contributed by atoms with Crippen molar-refractivity contribution in [3.8, 4) is 0 Å². The van der Waals surface area contributed by atoms with Gasteiger partial charge in [-0.3, -0.25) is 9.98 Å². The summed E-state index contributed by atoms with van der Waals surface area (Å²) in [5, 5.41) is 4.76. The molecule has 34 heavy (non-hydrogen) atoms. The van der Waals surface area contributed by atoms with Gasteiger partial charge in [0.1, 0.15) is 5.58 Å². The fourth-order valence-corrected chi connectivity index (χ4v) is 5.82. The summed E-state index contributed by atoms with van der Waals surface area (Å²) < 4.78 is 9.01. The molecule has 7 rings (SSSR count). The van der Waals surface area contributed by atoms with Crippen molar-refractivity contribution in [3.05, 3.63) is 96.8 Å². The average molecular weight is 442 g/mol. The largest absolute Gasteiger partial charge is 0.454 e. The lowest BCUT2D eigenvalue weighted by Gasteiger charge is -2.31. The Morgan fingerprint density at radius 3 is 2.65 bits per heavy atom. The molecule has 0 saturated carbocycles. The van der Waals surface area contributed by atoms with Crippen molar-refractivity contribution in [2.75, 3.05) is 0 Å². The van der Waals surface area contributed by atoms with Gasteiger partial charge in [0.2, 0.25) is 0 Å². The fourth-order valence-electron chi connectivity index (χ4n) is 5.82. The van der Waals surface area contributed by atoms with Crippen molar-refractivity contribution in [2.24, 2.45) is 4.99 Å². The highest BCUT2D eigenvalue weighted by Gasteiger charge is 2.30. The van der Waals surface area contributed by atoms with E-state index in [4.69, 9.17) is 4.42 Å². The van der Waals surface area contributed by atoms with Crippen LogP contribution in [0.1, 0.15) is 30.4 Å². The SMILES string of the molecule is C=Nc1ccncc1C1CCC=CC1n1c2ccccc2c2ccc3c4ccccc4oc3c21. The summed E-state index contributed by atoms with van der Waals surface area (Å²) in [5.41, 5.74) is 6.28. The molecule has 0 saturated heterocycles. The predicted octanol–water partition coefficient (Wildman–Crippen LogP) is 8.10. The van der Waals surface area contributed by atoms with Gasteiger partial charge in [-0.1, -0.05) is 54.6 Å². The number of benzene rings is 3. The number of fused-ring (bicyclic) bond motifs is 7. The van der Waals surface area contributed by atoms with E-state index in [0.717, 1.165) is 51.5 Å². The predicted molar refractivity (Wildman–Crippen MR) is 140 cm³/mol. The first-order valence-electron chi connectivity index (χ1n) is 11.8. The van der Waals surface area contributed by atoms with Crippen LogP contribution in [0.4, 0.5) is 5.69 Å². The molecule has 4 heteroatoms. The zero-order valence-corrected chi connectivity index (χ0v) is 18.7. The highest BCUT2D eigenvalue weighted by Crippen LogP contribution is 2.46. The smallest absolute Gasteiger partial charge is 0.159 e. The molecule has 2 atom stereocenters. The van der Waals surface area contributed by atoms with Gasteiger partial charge >= 0.3 is 0 Å². The zero-order chi connectivity index (χ0) is 22.6. The minimum Gasteiger partial charge on any atom is -0.454 e. The molecule has 164 valence electrons. The lowest BCUT2D eigenvalue weighted by molar-refractivity contribution is 0.463. The highest BCUT2D eigenvalue weighted by molar-refractivity contribution is 6.20. The number of aromatic nitrogens is 2. The van der Waals surface area contributed by atoms with Gasteiger partial charge in [0, 0.05) is 50.9 Å². The van der Waals surface area contributed by atoms with Crippen molar-refractivity contribution >= 4 is 56.1 Å². The molecule has 3 aromatic carbocycles. The number of hydrogen-bond donors (Lipinski definition) is 0. The van der Waals surface area contributed by atoms with Crippen molar-refractivity contribution in [1.29, 1.82) is 0 Å². The number of allylic oxidation sites excluding steroid dienone is 2. The molecule has 0 N–H and O–H groups in total. The van der Waals surface area contributed by atoms with E-state index in [1.807, 2.05) is 18.3 Å². The number of aliphatic imine (C=N–C) groups is 1. The standard InChI is InChI=1S/C30H23N3O/c1-31-25-16-17-32-18-24(25)20-9-3-6-12-27(20)33-26-11-5-2-8-19(26)22-14-15-23-21-10-4-7-13-28(21)34-30(23)29(22)33/h2,4-8,10-18,20,27H,1,3,9H2. The van der Waals surface area contributed by atoms with E-state index in [1.165, 1.54) is 16.3 Å². The van der Waals surface area contributed by atoms with Gasteiger partial charge in [-0.2, -0.15) is 0 Å². The fraction of sp³-hybridized carbons (Fsp3) is 0.133. The van der Waals surface area contributed by atoms with Gasteiger partial charge in [-0.05, 0) is 43.8 Å². The molecule has 0 spiro atoms. The van der Waals surface area contributed by atoms with E-state index < -0.39 is 0 Å². The number of para-hydroxylation sites is 2. The monoisotopic (exact) mass is 441 g/mol. The third-order valence-electron chi connectivity index (χ3n) is 7.30. The molecule has 0 radical (unpaired) electrons. The van der Waals surface area contributed by atoms with Crippen molar-refractivity contribution in [3.63, 3.8) is 0 Å². The Labute approximate surface area is 196 Å². The van der Waals surface area contributed by atoms with E-state index in [0.29, 0.717) is 0 Å². The molecule has 0 aliphatic heterocycles. The molecule has 2 unspecified atom stereocenters. The lowest BCUT2D eigenvalue weighted by atomic mass is 9.83. The quantitative estimate of drug-likeness (QED) is 0.206. The number of rotatable bonds is 3. The maximum Gasteiger partial charge on any atom is 0.159 e. The minimum absolute atomic E-state index is 0.111. The van der Waals surface area contributed by atoms with Crippen LogP contribution in [0.25, 0.3) is 43.7 Å². The number of nitrogens with zero attached hydrogens (tertiary/aromatic N) is 3. The molecule has 3 aromatic heterocycles. The Bertz CT molecular complexity index is 1750. The summed E-state index contributed by atoms with van der Waals surface area (Å²) >= 11 is 0. The molecular formula is C30H23N3O. The van der Waals surface area contributed by atoms with Crippen molar-refractivity contribution < 1.29 is 4.42 Å². The van der Waals surface area contributed by atoms with Crippen LogP contribution < -0.4 is 0 Å². The zero-order valence-electron chi connectivity index (χ0n) is 18.7. The average Bonchev–Trinajstić information content (AvgIpc) is 3.44. The summed E-state index contributed by atoms with van der Waals surface area (Å²) in [6.07, 6.45) is 10.5. The van der Waals surface area contributed by atoms with Crippen LogP contribution in [-0.4, -0.2) is 16.3 Å². The summed E-state index contributed by atoms with van der Waals surface area (Å²) in [6, 6.07) is 23.5. The van der Waals surface area contributed by atoms with Gasteiger partial charge in [-0.15, -0.1) is 0 Å².